The Hall–Kier alpha value is -3.28. The lowest BCUT2D eigenvalue weighted by molar-refractivity contribution is -0.114. The van der Waals surface area contributed by atoms with Gasteiger partial charge in [0.2, 0.25) is 6.79 Å². The molecule has 1 heterocycles. The van der Waals surface area contributed by atoms with Crippen molar-refractivity contribution in [1.82, 2.24) is 5.32 Å². The first kappa shape index (κ1) is 18.5. The van der Waals surface area contributed by atoms with Crippen LogP contribution >= 0.6 is 0 Å². The van der Waals surface area contributed by atoms with E-state index in [1.165, 1.54) is 6.08 Å². The highest BCUT2D eigenvalue weighted by Gasteiger charge is 2.17. The molecule has 140 valence electrons. The van der Waals surface area contributed by atoms with E-state index in [0.717, 1.165) is 5.56 Å². The van der Waals surface area contributed by atoms with Crippen LogP contribution in [0.4, 0.5) is 0 Å². The molecule has 27 heavy (non-hydrogen) atoms. The number of primary amides is 1. The molecular weight excluding hydrogens is 344 g/mol. The number of carbonyl (C=O) groups is 2. The minimum absolute atomic E-state index is 0.00115. The van der Waals surface area contributed by atoms with Crippen molar-refractivity contribution in [2.24, 2.45) is 5.73 Å². The van der Waals surface area contributed by atoms with Gasteiger partial charge in [0.1, 0.15) is 5.70 Å². The molecule has 0 saturated heterocycles. The first-order valence-electron chi connectivity index (χ1n) is 8.57. The van der Waals surface area contributed by atoms with Crippen molar-refractivity contribution < 1.29 is 19.1 Å². The maximum Gasteiger partial charge on any atom is 0.265 e. The number of carbonyl (C=O) groups excluding carboxylic acids is 2. The number of amides is 2. The lowest BCUT2D eigenvalue weighted by Gasteiger charge is -2.19. The van der Waals surface area contributed by atoms with Crippen LogP contribution in [-0.2, 0) is 10.2 Å². The van der Waals surface area contributed by atoms with Gasteiger partial charge in [-0.15, -0.1) is 0 Å². The zero-order valence-corrected chi connectivity index (χ0v) is 15.5. The molecule has 1 aliphatic rings. The second-order valence-electron chi connectivity index (χ2n) is 7.32. The summed E-state index contributed by atoms with van der Waals surface area (Å²) in [5.41, 5.74) is 7.64. The molecule has 3 rings (SSSR count). The molecule has 6 heteroatoms. The second kappa shape index (κ2) is 7.15. The fourth-order valence-electron chi connectivity index (χ4n) is 2.65. The molecular formula is C21H22N2O4. The van der Waals surface area contributed by atoms with E-state index in [9.17, 15) is 9.59 Å². The Morgan fingerprint density at radius 3 is 2.33 bits per heavy atom. The van der Waals surface area contributed by atoms with Crippen LogP contribution in [0.3, 0.4) is 0 Å². The van der Waals surface area contributed by atoms with Gasteiger partial charge in [-0.05, 0) is 46.9 Å². The number of hydrogen-bond acceptors (Lipinski definition) is 4. The fraction of sp³-hybridized carbons (Fsp3) is 0.238. The summed E-state index contributed by atoms with van der Waals surface area (Å²) < 4.78 is 10.6. The molecule has 0 spiro atoms. The van der Waals surface area contributed by atoms with Gasteiger partial charge >= 0.3 is 0 Å². The lowest BCUT2D eigenvalue weighted by atomic mass is 9.87. The SMILES string of the molecule is CC(C)(C)c1ccc(C(=O)N/C(=C\c2ccc3c(c2)OCO3)C(N)=O)cc1. The molecule has 0 aliphatic carbocycles. The number of benzene rings is 2. The molecule has 2 aromatic carbocycles. The van der Waals surface area contributed by atoms with E-state index < -0.39 is 11.8 Å². The molecule has 2 amide bonds. The molecule has 3 N–H and O–H groups in total. The summed E-state index contributed by atoms with van der Waals surface area (Å²) in [4.78, 5) is 24.3. The molecule has 0 aromatic heterocycles. The summed E-state index contributed by atoms with van der Waals surface area (Å²) in [5, 5.41) is 2.58. The van der Waals surface area contributed by atoms with Crippen LogP contribution in [0.5, 0.6) is 11.5 Å². The fourth-order valence-corrected chi connectivity index (χ4v) is 2.65. The summed E-state index contributed by atoms with van der Waals surface area (Å²) in [7, 11) is 0. The van der Waals surface area contributed by atoms with Gasteiger partial charge in [0.25, 0.3) is 11.8 Å². The highest BCUT2D eigenvalue weighted by Crippen LogP contribution is 2.33. The van der Waals surface area contributed by atoms with Crippen molar-refractivity contribution in [3.63, 3.8) is 0 Å². The van der Waals surface area contributed by atoms with Gasteiger partial charge in [0, 0.05) is 5.56 Å². The second-order valence-corrected chi connectivity index (χ2v) is 7.32. The summed E-state index contributed by atoms with van der Waals surface area (Å²) in [6.07, 6.45) is 1.51. The third-order valence-electron chi connectivity index (χ3n) is 4.23. The van der Waals surface area contributed by atoms with E-state index in [2.05, 4.69) is 26.1 Å². The van der Waals surface area contributed by atoms with Crippen molar-refractivity contribution >= 4 is 17.9 Å². The van der Waals surface area contributed by atoms with Crippen LogP contribution in [0.2, 0.25) is 0 Å². The third-order valence-corrected chi connectivity index (χ3v) is 4.23. The van der Waals surface area contributed by atoms with Crippen molar-refractivity contribution in [2.45, 2.75) is 26.2 Å². The van der Waals surface area contributed by atoms with Crippen molar-refractivity contribution in [3.05, 3.63) is 64.9 Å². The number of nitrogens with two attached hydrogens (primary N) is 1. The Kier molecular flexibility index (Phi) is 4.90. The minimum Gasteiger partial charge on any atom is -0.454 e. The van der Waals surface area contributed by atoms with E-state index in [1.54, 1.807) is 30.3 Å². The van der Waals surface area contributed by atoms with Gasteiger partial charge in [-0.3, -0.25) is 9.59 Å². The minimum atomic E-state index is -0.729. The van der Waals surface area contributed by atoms with E-state index in [4.69, 9.17) is 15.2 Å². The summed E-state index contributed by atoms with van der Waals surface area (Å²) in [5.74, 6) is 0.0843. The molecule has 0 saturated carbocycles. The number of fused-ring (bicyclic) bond motifs is 1. The third kappa shape index (κ3) is 4.28. The zero-order valence-electron chi connectivity index (χ0n) is 15.5. The van der Waals surface area contributed by atoms with Crippen molar-refractivity contribution in [3.8, 4) is 11.5 Å². The summed E-state index contributed by atoms with van der Waals surface area (Å²) in [6.45, 7) is 6.45. The first-order valence-corrected chi connectivity index (χ1v) is 8.57. The van der Waals surface area contributed by atoms with Gasteiger partial charge in [-0.25, -0.2) is 0 Å². The topological polar surface area (TPSA) is 90.7 Å². The Balaban J connectivity index is 1.80. The van der Waals surface area contributed by atoms with Crippen LogP contribution < -0.4 is 20.5 Å². The van der Waals surface area contributed by atoms with Crippen LogP contribution in [0.1, 0.15) is 42.3 Å². The Morgan fingerprint density at radius 2 is 1.70 bits per heavy atom. The van der Waals surface area contributed by atoms with Gasteiger partial charge < -0.3 is 20.5 Å². The number of nitrogens with one attached hydrogen (secondary N) is 1. The number of rotatable bonds is 4. The predicted octanol–water partition coefficient (Wildman–Crippen LogP) is 2.97. The van der Waals surface area contributed by atoms with Gasteiger partial charge in [-0.1, -0.05) is 39.0 Å². The van der Waals surface area contributed by atoms with Crippen LogP contribution in [0.25, 0.3) is 6.08 Å². The number of hydrogen-bond donors (Lipinski definition) is 2. The molecule has 2 aromatic rings. The quantitative estimate of drug-likeness (QED) is 0.814. The van der Waals surface area contributed by atoms with E-state index in [0.29, 0.717) is 22.6 Å². The summed E-state index contributed by atoms with van der Waals surface area (Å²) >= 11 is 0. The zero-order chi connectivity index (χ0) is 19.6. The molecule has 0 radical (unpaired) electrons. The molecule has 1 aliphatic heterocycles. The predicted molar refractivity (Wildman–Crippen MR) is 102 cm³/mol. The van der Waals surface area contributed by atoms with E-state index >= 15 is 0 Å². The number of ether oxygens (including phenoxy) is 2. The lowest BCUT2D eigenvalue weighted by Crippen LogP contribution is -2.31. The summed E-state index contributed by atoms with van der Waals surface area (Å²) in [6, 6.07) is 12.5. The van der Waals surface area contributed by atoms with E-state index in [-0.39, 0.29) is 17.9 Å². The molecule has 0 unspecified atom stereocenters. The first-order chi connectivity index (χ1) is 12.7. The van der Waals surface area contributed by atoms with Crippen LogP contribution in [0.15, 0.2) is 48.2 Å². The maximum atomic E-state index is 12.5. The van der Waals surface area contributed by atoms with Gasteiger partial charge in [0.05, 0.1) is 0 Å². The average molecular weight is 366 g/mol. The highest BCUT2D eigenvalue weighted by atomic mass is 16.7. The van der Waals surface area contributed by atoms with Crippen LogP contribution in [-0.4, -0.2) is 18.6 Å². The van der Waals surface area contributed by atoms with Crippen molar-refractivity contribution in [1.29, 1.82) is 0 Å². The molecule has 0 fully saturated rings. The molecule has 6 nitrogen and oxygen atoms in total. The smallest absolute Gasteiger partial charge is 0.265 e. The average Bonchev–Trinajstić information content (AvgIpc) is 3.08. The van der Waals surface area contributed by atoms with Crippen molar-refractivity contribution in [2.75, 3.05) is 6.79 Å². The van der Waals surface area contributed by atoms with Gasteiger partial charge in [0.15, 0.2) is 11.5 Å². The Labute approximate surface area is 158 Å². The normalized spacial score (nSPS) is 13.4. The van der Waals surface area contributed by atoms with Gasteiger partial charge in [-0.2, -0.15) is 0 Å². The van der Waals surface area contributed by atoms with E-state index in [1.807, 2.05) is 12.1 Å². The highest BCUT2D eigenvalue weighted by molar-refractivity contribution is 6.04. The monoisotopic (exact) mass is 366 g/mol. The standard InChI is InChI=1S/C21H22N2O4/c1-21(2,3)15-7-5-14(6-8-15)20(25)23-16(19(22)24)10-13-4-9-17-18(11-13)27-12-26-17/h4-11H,12H2,1-3H3,(H2,22,24)(H,23,25)/b16-10-. The Bertz CT molecular complexity index is 909. The molecule has 0 atom stereocenters. The maximum absolute atomic E-state index is 12.5. The molecule has 0 bridgehead atoms. The Morgan fingerprint density at radius 1 is 1.04 bits per heavy atom. The van der Waals surface area contributed by atoms with Crippen LogP contribution in [0, 0.1) is 0 Å². The largest absolute Gasteiger partial charge is 0.454 e.